The molecule has 1 amide bonds. The molecule has 0 spiro atoms. The largest absolute Gasteiger partial charge is 0.452 e. The van der Waals surface area contributed by atoms with Gasteiger partial charge in [-0.1, -0.05) is 30.3 Å². The van der Waals surface area contributed by atoms with Gasteiger partial charge in [-0.3, -0.25) is 4.79 Å². The van der Waals surface area contributed by atoms with Crippen molar-refractivity contribution in [2.45, 2.75) is 18.4 Å². The highest BCUT2D eigenvalue weighted by molar-refractivity contribution is 6.32. The summed E-state index contributed by atoms with van der Waals surface area (Å²) >= 11 is 5.76. The van der Waals surface area contributed by atoms with E-state index in [1.165, 1.54) is 11.8 Å². The number of carbonyl (C=O) groups excluding carboxylic acids is 1. The van der Waals surface area contributed by atoms with Crippen LogP contribution in [0.15, 0.2) is 47.1 Å². The number of halogens is 1. The molecule has 1 aliphatic carbocycles. The average Bonchev–Trinajstić information content (AvgIpc) is 3.01. The van der Waals surface area contributed by atoms with Gasteiger partial charge in [0.1, 0.15) is 0 Å². The maximum atomic E-state index is 11.9. The minimum absolute atomic E-state index is 0.143. The van der Waals surface area contributed by atoms with Gasteiger partial charge in [0.2, 0.25) is 5.22 Å². The number of furan rings is 1. The summed E-state index contributed by atoms with van der Waals surface area (Å²) in [5, 5.41) is 3.11. The molecule has 0 saturated heterocycles. The van der Waals surface area contributed by atoms with E-state index in [2.05, 4.69) is 17.4 Å². The second kappa shape index (κ2) is 4.50. The molecule has 2 aromatic rings. The van der Waals surface area contributed by atoms with Crippen LogP contribution in [0.4, 0.5) is 0 Å². The SMILES string of the molecule is O=C(NC1CC1c1ccccc1)c1ccoc1Cl. The van der Waals surface area contributed by atoms with Crippen molar-refractivity contribution in [2.24, 2.45) is 0 Å². The third-order valence-corrected chi connectivity index (χ3v) is 3.49. The Morgan fingerprint density at radius 2 is 2.06 bits per heavy atom. The number of amides is 1. The molecular weight excluding hydrogens is 250 g/mol. The molecule has 1 aliphatic rings. The van der Waals surface area contributed by atoms with Crippen molar-refractivity contribution in [2.75, 3.05) is 0 Å². The molecule has 1 heterocycles. The zero-order valence-corrected chi connectivity index (χ0v) is 10.4. The minimum atomic E-state index is -0.169. The van der Waals surface area contributed by atoms with Gasteiger partial charge in [0.15, 0.2) is 0 Å². The zero-order valence-electron chi connectivity index (χ0n) is 9.60. The van der Waals surface area contributed by atoms with Crippen molar-refractivity contribution in [3.05, 3.63) is 59.0 Å². The number of hydrogen-bond donors (Lipinski definition) is 1. The molecule has 2 unspecified atom stereocenters. The van der Waals surface area contributed by atoms with Gasteiger partial charge in [-0.25, -0.2) is 0 Å². The van der Waals surface area contributed by atoms with Crippen molar-refractivity contribution in [3.8, 4) is 0 Å². The molecule has 3 nitrogen and oxygen atoms in total. The van der Waals surface area contributed by atoms with Crippen LogP contribution < -0.4 is 5.32 Å². The van der Waals surface area contributed by atoms with E-state index in [0.29, 0.717) is 11.5 Å². The van der Waals surface area contributed by atoms with Gasteiger partial charge in [-0.05, 0) is 29.7 Å². The molecule has 92 valence electrons. The summed E-state index contributed by atoms with van der Waals surface area (Å²) in [6.45, 7) is 0. The number of carbonyl (C=O) groups is 1. The Morgan fingerprint density at radius 3 is 2.72 bits per heavy atom. The number of hydrogen-bond acceptors (Lipinski definition) is 2. The lowest BCUT2D eigenvalue weighted by molar-refractivity contribution is 0.0950. The van der Waals surface area contributed by atoms with Gasteiger partial charge in [0.05, 0.1) is 11.8 Å². The third-order valence-electron chi connectivity index (χ3n) is 3.20. The molecule has 0 bridgehead atoms. The fourth-order valence-corrected chi connectivity index (χ4v) is 2.33. The van der Waals surface area contributed by atoms with Gasteiger partial charge in [-0.2, -0.15) is 0 Å². The molecule has 2 atom stereocenters. The Labute approximate surface area is 110 Å². The molecular formula is C14H12ClNO2. The molecule has 18 heavy (non-hydrogen) atoms. The van der Waals surface area contributed by atoms with Crippen LogP contribution in [0.25, 0.3) is 0 Å². The second-order valence-electron chi connectivity index (χ2n) is 4.44. The van der Waals surface area contributed by atoms with E-state index in [1.54, 1.807) is 6.07 Å². The maximum absolute atomic E-state index is 11.9. The van der Waals surface area contributed by atoms with Crippen LogP contribution in [0.5, 0.6) is 0 Å². The van der Waals surface area contributed by atoms with Crippen LogP contribution in [0.3, 0.4) is 0 Å². The van der Waals surface area contributed by atoms with Gasteiger partial charge in [0.25, 0.3) is 5.91 Å². The first-order valence-electron chi connectivity index (χ1n) is 5.84. The summed E-state index contributed by atoms with van der Waals surface area (Å²) in [5.74, 6) is 0.248. The molecule has 0 radical (unpaired) electrons. The first-order valence-corrected chi connectivity index (χ1v) is 6.22. The van der Waals surface area contributed by atoms with Crippen LogP contribution in [0.2, 0.25) is 5.22 Å². The Hall–Kier alpha value is -1.74. The Morgan fingerprint density at radius 1 is 1.28 bits per heavy atom. The zero-order chi connectivity index (χ0) is 12.5. The Kier molecular flexibility index (Phi) is 2.84. The van der Waals surface area contributed by atoms with E-state index in [1.807, 2.05) is 18.2 Å². The summed E-state index contributed by atoms with van der Waals surface area (Å²) in [6, 6.07) is 12.0. The third kappa shape index (κ3) is 2.14. The lowest BCUT2D eigenvalue weighted by atomic mass is 10.1. The van der Waals surface area contributed by atoms with Crippen LogP contribution in [-0.2, 0) is 0 Å². The second-order valence-corrected chi connectivity index (χ2v) is 4.78. The maximum Gasteiger partial charge on any atom is 0.256 e. The van der Waals surface area contributed by atoms with E-state index < -0.39 is 0 Å². The van der Waals surface area contributed by atoms with Crippen LogP contribution >= 0.6 is 11.6 Å². The van der Waals surface area contributed by atoms with Crippen molar-refractivity contribution < 1.29 is 9.21 Å². The number of benzene rings is 1. The van der Waals surface area contributed by atoms with Crippen LogP contribution in [-0.4, -0.2) is 11.9 Å². The lowest BCUT2D eigenvalue weighted by Crippen LogP contribution is -2.26. The first kappa shape index (κ1) is 11.4. The van der Waals surface area contributed by atoms with Gasteiger partial charge < -0.3 is 9.73 Å². The molecule has 3 rings (SSSR count). The van der Waals surface area contributed by atoms with E-state index in [4.69, 9.17) is 16.0 Å². The summed E-state index contributed by atoms with van der Waals surface area (Å²) in [7, 11) is 0. The van der Waals surface area contributed by atoms with E-state index in [9.17, 15) is 4.79 Å². The van der Waals surface area contributed by atoms with Crippen molar-refractivity contribution >= 4 is 17.5 Å². The molecule has 1 aromatic carbocycles. The molecule has 0 aliphatic heterocycles. The smallest absolute Gasteiger partial charge is 0.256 e. The number of rotatable bonds is 3. The molecule has 1 fully saturated rings. The van der Waals surface area contributed by atoms with E-state index in [0.717, 1.165) is 6.42 Å². The van der Waals surface area contributed by atoms with Crippen molar-refractivity contribution in [1.82, 2.24) is 5.32 Å². The minimum Gasteiger partial charge on any atom is -0.452 e. The Balaban J connectivity index is 1.64. The predicted octanol–water partition coefficient (Wildman–Crippen LogP) is 3.22. The fourth-order valence-electron chi connectivity index (χ4n) is 2.13. The van der Waals surface area contributed by atoms with Gasteiger partial charge in [-0.15, -0.1) is 0 Å². The lowest BCUT2D eigenvalue weighted by Gasteiger charge is -2.03. The van der Waals surface area contributed by atoms with E-state index >= 15 is 0 Å². The predicted molar refractivity (Wildman–Crippen MR) is 68.8 cm³/mol. The van der Waals surface area contributed by atoms with E-state index in [-0.39, 0.29) is 17.2 Å². The first-order chi connectivity index (χ1) is 8.75. The number of nitrogens with one attached hydrogen (secondary N) is 1. The monoisotopic (exact) mass is 261 g/mol. The Bertz CT molecular complexity index is 564. The molecule has 4 heteroatoms. The summed E-state index contributed by atoms with van der Waals surface area (Å²) in [4.78, 5) is 11.9. The summed E-state index contributed by atoms with van der Waals surface area (Å²) in [6.07, 6.45) is 2.39. The molecule has 1 saturated carbocycles. The summed E-state index contributed by atoms with van der Waals surface area (Å²) in [5.41, 5.74) is 1.66. The van der Waals surface area contributed by atoms with Gasteiger partial charge in [0, 0.05) is 12.0 Å². The van der Waals surface area contributed by atoms with Crippen LogP contribution in [0.1, 0.15) is 28.3 Å². The highest BCUT2D eigenvalue weighted by atomic mass is 35.5. The summed E-state index contributed by atoms with van der Waals surface area (Å²) < 4.78 is 4.90. The molecule has 1 aromatic heterocycles. The average molecular weight is 262 g/mol. The standard InChI is InChI=1S/C14H12ClNO2/c15-13-10(6-7-18-13)14(17)16-12-8-11(12)9-4-2-1-3-5-9/h1-7,11-12H,8H2,(H,16,17). The topological polar surface area (TPSA) is 42.2 Å². The fraction of sp³-hybridized carbons (Fsp3) is 0.214. The van der Waals surface area contributed by atoms with Crippen molar-refractivity contribution in [1.29, 1.82) is 0 Å². The normalized spacial score (nSPS) is 21.6. The van der Waals surface area contributed by atoms with Gasteiger partial charge >= 0.3 is 0 Å². The van der Waals surface area contributed by atoms with Crippen LogP contribution in [0, 0.1) is 0 Å². The van der Waals surface area contributed by atoms with Crippen molar-refractivity contribution in [3.63, 3.8) is 0 Å². The highest BCUT2D eigenvalue weighted by Crippen LogP contribution is 2.40. The quantitative estimate of drug-likeness (QED) is 0.922. The molecule has 1 N–H and O–H groups in total. The highest BCUT2D eigenvalue weighted by Gasteiger charge is 2.39.